The maximum Gasteiger partial charge on any atom is 0.0149 e. The molecule has 0 spiro atoms. The minimum atomic E-state index is 1.11. The van der Waals surface area contributed by atoms with Crippen molar-refractivity contribution in [3.63, 3.8) is 0 Å². The van der Waals surface area contributed by atoms with Gasteiger partial charge in [0.2, 0.25) is 0 Å². The highest BCUT2D eigenvalue weighted by Crippen LogP contribution is 2.35. The summed E-state index contributed by atoms with van der Waals surface area (Å²) in [5.74, 6) is 3.71. The maximum atomic E-state index is 2.39. The quantitative estimate of drug-likeness (QED) is 0.497. The minimum absolute atomic E-state index is 1.11. The average molecular weight is 250 g/mol. The molecule has 0 aliphatic heterocycles. The second-order valence-corrected chi connectivity index (χ2v) is 6.67. The van der Waals surface area contributed by atoms with Crippen LogP contribution in [0.5, 0.6) is 0 Å². The molecule has 0 radical (unpaired) electrons. The molecule has 1 saturated carbocycles. The second kappa shape index (κ2) is 7.31. The van der Waals surface area contributed by atoms with E-state index < -0.39 is 0 Å². The van der Waals surface area contributed by atoms with Crippen LogP contribution < -0.4 is 0 Å². The highest BCUT2D eigenvalue weighted by Gasteiger charge is 2.20. The normalized spacial score (nSPS) is 19.4. The van der Waals surface area contributed by atoms with Gasteiger partial charge >= 0.3 is 0 Å². The van der Waals surface area contributed by atoms with Crippen molar-refractivity contribution in [1.29, 1.82) is 0 Å². The maximum absolute atomic E-state index is 2.39. The van der Waals surface area contributed by atoms with Gasteiger partial charge in [0.05, 0.1) is 0 Å². The highest BCUT2D eigenvalue weighted by atomic mass is 32.2. The zero-order valence-corrected chi connectivity index (χ0v) is 12.0. The lowest BCUT2D eigenvalue weighted by Gasteiger charge is -2.05. The van der Waals surface area contributed by atoms with Gasteiger partial charge in [0.15, 0.2) is 0 Å². The van der Waals surface area contributed by atoms with Gasteiger partial charge in [-0.2, -0.15) is 11.8 Å². The molecule has 2 rings (SSSR count). The Morgan fingerprint density at radius 1 is 1.18 bits per heavy atom. The summed E-state index contributed by atoms with van der Waals surface area (Å²) in [5.41, 5.74) is 3.35. The topological polar surface area (TPSA) is 0 Å². The van der Waals surface area contributed by atoms with E-state index in [0.29, 0.717) is 0 Å². The molecule has 0 bridgehead atoms. The zero-order chi connectivity index (χ0) is 11.9. The van der Waals surface area contributed by atoms with Gasteiger partial charge in [-0.15, -0.1) is 0 Å². The van der Waals surface area contributed by atoms with Crippen molar-refractivity contribution in [2.24, 2.45) is 5.92 Å². The molecule has 2 aliphatic rings. The van der Waals surface area contributed by atoms with E-state index in [-0.39, 0.29) is 0 Å². The Balaban J connectivity index is 1.50. The third kappa shape index (κ3) is 5.33. The molecule has 0 aromatic carbocycles. The third-order valence-corrected chi connectivity index (χ3v) is 4.90. The van der Waals surface area contributed by atoms with Gasteiger partial charge in [-0.05, 0) is 37.4 Å². The lowest BCUT2D eigenvalue weighted by Crippen LogP contribution is -1.89. The molecular formula is C16H26S. The fraction of sp³-hybridized carbons (Fsp3) is 0.750. The molecule has 0 heterocycles. The first-order valence-corrected chi connectivity index (χ1v) is 8.49. The van der Waals surface area contributed by atoms with Crippen molar-refractivity contribution in [2.45, 2.75) is 58.3 Å². The summed E-state index contributed by atoms with van der Waals surface area (Å²) >= 11 is 2.11. The highest BCUT2D eigenvalue weighted by molar-refractivity contribution is 7.99. The fourth-order valence-electron chi connectivity index (χ4n) is 2.39. The first-order valence-electron chi connectivity index (χ1n) is 7.33. The van der Waals surface area contributed by atoms with Crippen LogP contribution in [-0.2, 0) is 0 Å². The molecule has 0 atom stereocenters. The van der Waals surface area contributed by atoms with Gasteiger partial charge in [-0.1, -0.05) is 55.9 Å². The van der Waals surface area contributed by atoms with Gasteiger partial charge in [-0.3, -0.25) is 0 Å². The molecule has 0 unspecified atom stereocenters. The predicted octanol–water partition coefficient (Wildman–Crippen LogP) is 5.36. The van der Waals surface area contributed by atoms with Gasteiger partial charge < -0.3 is 0 Å². The van der Waals surface area contributed by atoms with Gasteiger partial charge in [0.25, 0.3) is 0 Å². The first-order chi connectivity index (χ1) is 8.38. The minimum Gasteiger partial charge on any atom is -0.158 e. The Labute approximate surface area is 111 Å². The smallest absolute Gasteiger partial charge is 0.0149 e. The number of unbranched alkanes of at least 4 members (excludes halogenated alkanes) is 1. The molecule has 0 aromatic heterocycles. The van der Waals surface area contributed by atoms with Crippen LogP contribution in [0.1, 0.15) is 58.3 Å². The van der Waals surface area contributed by atoms with Crippen molar-refractivity contribution >= 4 is 11.8 Å². The predicted molar refractivity (Wildman–Crippen MR) is 79.6 cm³/mol. The van der Waals surface area contributed by atoms with E-state index in [1.54, 1.807) is 11.1 Å². The Morgan fingerprint density at radius 2 is 2.00 bits per heavy atom. The van der Waals surface area contributed by atoms with E-state index in [0.717, 1.165) is 5.92 Å². The molecule has 17 heavy (non-hydrogen) atoms. The molecule has 2 aliphatic carbocycles. The van der Waals surface area contributed by atoms with Crippen molar-refractivity contribution < 1.29 is 0 Å². The van der Waals surface area contributed by atoms with Crippen LogP contribution in [0.4, 0.5) is 0 Å². The summed E-state index contributed by atoms with van der Waals surface area (Å²) in [7, 11) is 0. The number of rotatable bonds is 9. The van der Waals surface area contributed by atoms with Crippen LogP contribution in [0.15, 0.2) is 23.3 Å². The van der Waals surface area contributed by atoms with E-state index in [1.165, 1.54) is 62.9 Å². The van der Waals surface area contributed by atoms with Crippen LogP contribution in [0, 0.1) is 5.92 Å². The summed E-state index contributed by atoms with van der Waals surface area (Å²) in [4.78, 5) is 0. The molecule has 0 saturated heterocycles. The number of allylic oxidation sites excluding steroid dienone is 3. The van der Waals surface area contributed by atoms with Gasteiger partial charge in [0.1, 0.15) is 0 Å². The van der Waals surface area contributed by atoms with Gasteiger partial charge in [0, 0.05) is 5.75 Å². The van der Waals surface area contributed by atoms with E-state index >= 15 is 0 Å². The molecule has 0 aromatic rings. The standard InChI is InChI=1S/C16H26S/c1-2-3-11-17-13-16-10-9-15(12-16)6-4-5-14-7-8-14/h9-10,14H,2-8,11-13H2,1H3. The number of thioether (sulfide) groups is 1. The molecule has 96 valence electrons. The monoisotopic (exact) mass is 250 g/mol. The Bertz CT molecular complexity index is 284. The third-order valence-electron chi connectivity index (χ3n) is 3.75. The SMILES string of the molecule is CCCCSCC1=CC=C(CCCC2CC2)C1. The zero-order valence-electron chi connectivity index (χ0n) is 11.2. The largest absolute Gasteiger partial charge is 0.158 e. The number of hydrogen-bond acceptors (Lipinski definition) is 1. The lowest BCUT2D eigenvalue weighted by atomic mass is 10.0. The van der Waals surface area contributed by atoms with Crippen molar-refractivity contribution in [2.75, 3.05) is 11.5 Å². The van der Waals surface area contributed by atoms with Gasteiger partial charge in [-0.25, -0.2) is 0 Å². The first kappa shape index (κ1) is 13.3. The van der Waals surface area contributed by atoms with Crippen molar-refractivity contribution in [3.8, 4) is 0 Å². The van der Waals surface area contributed by atoms with Crippen molar-refractivity contribution in [1.82, 2.24) is 0 Å². The summed E-state index contributed by atoms with van der Waals surface area (Å²) in [5, 5.41) is 0. The molecule has 0 N–H and O–H groups in total. The molecule has 1 heteroatoms. The van der Waals surface area contributed by atoms with Crippen molar-refractivity contribution in [3.05, 3.63) is 23.3 Å². The van der Waals surface area contributed by atoms with E-state index in [4.69, 9.17) is 0 Å². The Morgan fingerprint density at radius 3 is 2.76 bits per heavy atom. The summed E-state index contributed by atoms with van der Waals surface area (Å²) in [6, 6.07) is 0. The second-order valence-electron chi connectivity index (χ2n) is 5.57. The van der Waals surface area contributed by atoms with E-state index in [9.17, 15) is 0 Å². The van der Waals surface area contributed by atoms with Crippen LogP contribution in [-0.4, -0.2) is 11.5 Å². The average Bonchev–Trinajstić information content (AvgIpc) is 3.04. The summed E-state index contributed by atoms with van der Waals surface area (Å²) < 4.78 is 0. The molecule has 0 nitrogen and oxygen atoms in total. The van der Waals surface area contributed by atoms with Crippen LogP contribution in [0.25, 0.3) is 0 Å². The van der Waals surface area contributed by atoms with E-state index in [1.807, 2.05) is 0 Å². The van der Waals surface area contributed by atoms with Crippen LogP contribution in [0.2, 0.25) is 0 Å². The van der Waals surface area contributed by atoms with E-state index in [2.05, 4.69) is 30.8 Å². The molecular weight excluding hydrogens is 224 g/mol. The fourth-order valence-corrected chi connectivity index (χ4v) is 3.49. The lowest BCUT2D eigenvalue weighted by molar-refractivity contribution is 0.659. The Hall–Kier alpha value is -0.170. The van der Waals surface area contributed by atoms with Crippen LogP contribution >= 0.6 is 11.8 Å². The molecule has 1 fully saturated rings. The summed E-state index contributed by atoms with van der Waals surface area (Å²) in [6.07, 6.45) is 16.1. The molecule has 0 amide bonds. The van der Waals surface area contributed by atoms with Crippen LogP contribution in [0.3, 0.4) is 0 Å². The summed E-state index contributed by atoms with van der Waals surface area (Å²) in [6.45, 7) is 2.27. The number of hydrogen-bond donors (Lipinski definition) is 0. The Kier molecular flexibility index (Phi) is 5.70.